The van der Waals surface area contributed by atoms with Crippen LogP contribution in [0.25, 0.3) is 11.4 Å². The highest BCUT2D eigenvalue weighted by molar-refractivity contribution is 9.11. The second-order valence-corrected chi connectivity index (χ2v) is 8.83. The first kappa shape index (κ1) is 22.6. The van der Waals surface area contributed by atoms with Crippen molar-refractivity contribution in [1.82, 2.24) is 20.1 Å². The molecule has 32 heavy (non-hydrogen) atoms. The highest BCUT2D eigenvalue weighted by atomic mass is 79.9. The number of phenolic OH excluding ortho intramolecular Hbond substituents is 1. The number of halogens is 5. The van der Waals surface area contributed by atoms with Crippen molar-refractivity contribution in [2.75, 3.05) is 31.1 Å². The van der Waals surface area contributed by atoms with Gasteiger partial charge in [-0.15, -0.1) is 0 Å². The predicted molar refractivity (Wildman–Crippen MR) is 118 cm³/mol. The first-order chi connectivity index (χ1) is 15.1. The largest absolute Gasteiger partial charge is 0.506 e. The van der Waals surface area contributed by atoms with Crippen molar-refractivity contribution >= 4 is 43.5 Å². The van der Waals surface area contributed by atoms with Crippen LogP contribution >= 0.6 is 31.9 Å². The molecule has 0 spiro atoms. The molecule has 0 bridgehead atoms. The number of rotatable bonds is 3. The Kier molecular flexibility index (Phi) is 6.17. The van der Waals surface area contributed by atoms with E-state index in [2.05, 4.69) is 47.0 Å². The van der Waals surface area contributed by atoms with Crippen molar-refractivity contribution in [3.8, 4) is 17.1 Å². The molecule has 2 N–H and O–H groups in total. The molecule has 3 aromatic rings. The highest BCUT2D eigenvalue weighted by Gasteiger charge is 2.31. The van der Waals surface area contributed by atoms with E-state index < -0.39 is 11.7 Å². The Balaban J connectivity index is 1.44. The molecule has 2 heterocycles. The summed E-state index contributed by atoms with van der Waals surface area (Å²) in [6.45, 7) is 1.46. The number of hydrogen-bond donors (Lipinski definition) is 2. The number of anilines is 1. The number of aromatic nitrogens is 3. The van der Waals surface area contributed by atoms with E-state index in [1.165, 1.54) is 6.07 Å². The third-order valence-electron chi connectivity index (χ3n) is 5.07. The van der Waals surface area contributed by atoms with Crippen molar-refractivity contribution in [3.05, 3.63) is 56.7 Å². The van der Waals surface area contributed by atoms with Crippen LogP contribution in [0.3, 0.4) is 0 Å². The first-order valence-corrected chi connectivity index (χ1v) is 11.0. The van der Waals surface area contributed by atoms with E-state index in [1.807, 2.05) is 4.90 Å². The van der Waals surface area contributed by atoms with E-state index >= 15 is 0 Å². The van der Waals surface area contributed by atoms with Crippen LogP contribution in [0.4, 0.5) is 18.9 Å². The van der Waals surface area contributed by atoms with Gasteiger partial charge in [0.15, 0.2) is 5.82 Å². The van der Waals surface area contributed by atoms with Gasteiger partial charge in [-0.25, -0.2) is 4.98 Å². The fourth-order valence-corrected chi connectivity index (χ4v) is 4.56. The molecule has 0 aliphatic carbocycles. The summed E-state index contributed by atoms with van der Waals surface area (Å²) >= 11 is 6.49. The topological polar surface area (TPSA) is 85.3 Å². The van der Waals surface area contributed by atoms with Gasteiger partial charge in [-0.2, -0.15) is 18.3 Å². The summed E-state index contributed by atoms with van der Waals surface area (Å²) in [5, 5.41) is 16.6. The molecule has 7 nitrogen and oxygen atoms in total. The van der Waals surface area contributed by atoms with Crippen LogP contribution in [0.2, 0.25) is 0 Å². The second kappa shape index (κ2) is 8.74. The number of benzene rings is 2. The molecule has 1 saturated heterocycles. The minimum absolute atomic E-state index is 0.0410. The van der Waals surface area contributed by atoms with E-state index in [0.29, 0.717) is 46.4 Å². The van der Waals surface area contributed by atoms with Gasteiger partial charge in [0.2, 0.25) is 5.82 Å². The summed E-state index contributed by atoms with van der Waals surface area (Å²) in [6.07, 6.45) is -4.40. The molecule has 1 fully saturated rings. The molecule has 0 atom stereocenters. The van der Waals surface area contributed by atoms with E-state index in [-0.39, 0.29) is 23.3 Å². The van der Waals surface area contributed by atoms with Gasteiger partial charge in [-0.3, -0.25) is 9.89 Å². The van der Waals surface area contributed by atoms with Crippen LogP contribution in [-0.2, 0) is 6.18 Å². The first-order valence-electron chi connectivity index (χ1n) is 9.46. The number of H-pyrrole nitrogens is 1. The minimum Gasteiger partial charge on any atom is -0.506 e. The molecule has 12 heteroatoms. The lowest BCUT2D eigenvalue weighted by Gasteiger charge is -2.35. The van der Waals surface area contributed by atoms with Gasteiger partial charge >= 0.3 is 6.18 Å². The lowest BCUT2D eigenvalue weighted by atomic mass is 10.1. The van der Waals surface area contributed by atoms with Crippen molar-refractivity contribution in [1.29, 1.82) is 0 Å². The zero-order valence-electron chi connectivity index (χ0n) is 16.3. The molecule has 0 radical (unpaired) electrons. The van der Waals surface area contributed by atoms with Gasteiger partial charge in [-0.05, 0) is 62.2 Å². The van der Waals surface area contributed by atoms with Gasteiger partial charge in [-0.1, -0.05) is 6.07 Å². The summed E-state index contributed by atoms with van der Waals surface area (Å²) in [4.78, 5) is 20.5. The van der Waals surface area contributed by atoms with Crippen molar-refractivity contribution in [2.45, 2.75) is 6.18 Å². The third kappa shape index (κ3) is 4.60. The van der Waals surface area contributed by atoms with Crippen LogP contribution < -0.4 is 4.90 Å². The fraction of sp³-hybridized carbons (Fsp3) is 0.250. The number of piperazine rings is 1. The van der Waals surface area contributed by atoms with Gasteiger partial charge in [0.1, 0.15) is 5.75 Å². The fourth-order valence-electron chi connectivity index (χ4n) is 3.38. The van der Waals surface area contributed by atoms with Gasteiger partial charge < -0.3 is 14.9 Å². The van der Waals surface area contributed by atoms with E-state index in [1.54, 1.807) is 23.1 Å². The van der Waals surface area contributed by atoms with Gasteiger partial charge in [0.25, 0.3) is 5.91 Å². The molecule has 0 saturated carbocycles. The smallest absolute Gasteiger partial charge is 0.416 e. The predicted octanol–water partition coefficient (Wildman–Crippen LogP) is 4.68. The molecule has 1 amide bonds. The Morgan fingerprint density at radius 3 is 2.34 bits per heavy atom. The summed E-state index contributed by atoms with van der Waals surface area (Å²) in [5.74, 6) is 0.0498. The number of phenols is 1. The zero-order chi connectivity index (χ0) is 23.0. The van der Waals surface area contributed by atoms with Crippen LogP contribution in [0.15, 0.2) is 45.3 Å². The standard InChI is InChI=1S/C20H16Br2F3N5O2/c21-14-8-11(9-15(22)16(14)31)17-26-18(28-27-17)19(32)30-6-4-29(5-7-30)13-3-1-2-12(10-13)20(23,24)25/h1-3,8-10,31H,4-7H2,(H,26,27,28). The van der Waals surface area contributed by atoms with Crippen molar-refractivity contribution < 1.29 is 23.1 Å². The number of hydrogen-bond acceptors (Lipinski definition) is 5. The van der Waals surface area contributed by atoms with Crippen LogP contribution in [0, 0.1) is 0 Å². The molecule has 2 aromatic carbocycles. The monoisotopic (exact) mass is 573 g/mol. The third-order valence-corrected chi connectivity index (χ3v) is 6.28. The van der Waals surface area contributed by atoms with Crippen molar-refractivity contribution in [2.24, 2.45) is 0 Å². The van der Waals surface area contributed by atoms with Gasteiger partial charge in [0.05, 0.1) is 14.5 Å². The lowest BCUT2D eigenvalue weighted by Crippen LogP contribution is -2.49. The second-order valence-electron chi connectivity index (χ2n) is 7.12. The number of carbonyl (C=O) groups is 1. The molecule has 1 aliphatic rings. The lowest BCUT2D eigenvalue weighted by molar-refractivity contribution is -0.137. The Bertz CT molecular complexity index is 1140. The molecular weight excluding hydrogens is 559 g/mol. The minimum atomic E-state index is -4.40. The summed E-state index contributed by atoms with van der Waals surface area (Å²) in [6, 6.07) is 8.43. The number of aromatic amines is 1. The maximum absolute atomic E-state index is 13.0. The molecule has 168 valence electrons. The number of nitrogens with one attached hydrogen (secondary N) is 1. The maximum atomic E-state index is 13.0. The quantitative estimate of drug-likeness (QED) is 0.474. The van der Waals surface area contributed by atoms with Crippen molar-refractivity contribution in [3.63, 3.8) is 0 Å². The number of aromatic hydroxyl groups is 1. The van der Waals surface area contributed by atoms with Gasteiger partial charge in [0, 0.05) is 37.4 Å². The Morgan fingerprint density at radius 2 is 1.72 bits per heavy atom. The zero-order valence-corrected chi connectivity index (χ0v) is 19.5. The average molecular weight is 575 g/mol. The molecule has 1 aliphatic heterocycles. The van der Waals surface area contributed by atoms with E-state index in [0.717, 1.165) is 12.1 Å². The number of nitrogens with zero attached hydrogens (tertiary/aromatic N) is 4. The van der Waals surface area contributed by atoms with E-state index in [9.17, 15) is 23.1 Å². The highest BCUT2D eigenvalue weighted by Crippen LogP contribution is 2.36. The normalized spacial score (nSPS) is 14.7. The summed E-state index contributed by atoms with van der Waals surface area (Å²) < 4.78 is 39.8. The Labute approximate surface area is 197 Å². The number of amides is 1. The number of alkyl halides is 3. The SMILES string of the molecule is O=C(c1nc(-c2cc(Br)c(O)c(Br)c2)n[nH]1)N1CCN(c2cccc(C(F)(F)F)c2)CC1. The summed E-state index contributed by atoms with van der Waals surface area (Å²) in [5.41, 5.74) is 0.360. The molecule has 4 rings (SSSR count). The maximum Gasteiger partial charge on any atom is 0.416 e. The van der Waals surface area contributed by atoms with Crippen LogP contribution in [-0.4, -0.2) is 57.3 Å². The average Bonchev–Trinajstić information content (AvgIpc) is 3.26. The van der Waals surface area contributed by atoms with E-state index in [4.69, 9.17) is 0 Å². The van der Waals surface area contributed by atoms with Crippen LogP contribution in [0.1, 0.15) is 16.2 Å². The number of carbonyl (C=O) groups excluding carboxylic acids is 1. The van der Waals surface area contributed by atoms with Crippen LogP contribution in [0.5, 0.6) is 5.75 Å². The Morgan fingerprint density at radius 1 is 1.06 bits per heavy atom. The molecule has 0 unspecified atom stereocenters. The molecule has 1 aromatic heterocycles. The molecular formula is C20H16Br2F3N5O2. The Hall–Kier alpha value is -2.60. The summed E-state index contributed by atoms with van der Waals surface area (Å²) in [7, 11) is 0.